The van der Waals surface area contributed by atoms with Crippen molar-refractivity contribution in [2.75, 3.05) is 33.4 Å². The molecular weight excluding hydrogens is 470 g/mol. The van der Waals surface area contributed by atoms with E-state index in [2.05, 4.69) is 4.90 Å². The van der Waals surface area contributed by atoms with Crippen LogP contribution in [0.4, 0.5) is 0 Å². The number of thiophene rings is 1. The largest absolute Gasteiger partial charge is 0.492 e. The predicted octanol–water partition coefficient (Wildman–Crippen LogP) is 6.45. The number of rotatable bonds is 8. The lowest BCUT2D eigenvalue weighted by Gasteiger charge is -2.26. The third kappa shape index (κ3) is 5.20. The number of hydrogen-bond acceptors (Lipinski definition) is 6. The average Bonchev–Trinajstić information content (AvgIpc) is 3.32. The molecule has 36 heavy (non-hydrogen) atoms. The number of carbonyl (C=O) groups is 2. The molecule has 0 saturated carbocycles. The Morgan fingerprint density at radius 2 is 1.61 bits per heavy atom. The molecule has 0 radical (unpaired) electrons. The summed E-state index contributed by atoms with van der Waals surface area (Å²) in [5.74, 6) is 0.325. The van der Waals surface area contributed by atoms with E-state index in [1.54, 1.807) is 12.1 Å². The fourth-order valence-corrected chi connectivity index (χ4v) is 5.93. The zero-order valence-electron chi connectivity index (χ0n) is 20.4. The quantitative estimate of drug-likeness (QED) is 0.206. The molecule has 184 valence electrons. The summed E-state index contributed by atoms with van der Waals surface area (Å²) >= 11 is 1.51. The van der Waals surface area contributed by atoms with Crippen LogP contribution in [-0.2, 0) is 4.74 Å². The monoisotopic (exact) mass is 499 g/mol. The molecule has 1 aliphatic heterocycles. The number of benzene rings is 3. The van der Waals surface area contributed by atoms with Gasteiger partial charge >= 0.3 is 5.97 Å². The fourth-order valence-electron chi connectivity index (χ4n) is 4.68. The summed E-state index contributed by atoms with van der Waals surface area (Å²) in [6.07, 6.45) is 3.86. The Morgan fingerprint density at radius 3 is 2.33 bits per heavy atom. The molecule has 1 fully saturated rings. The van der Waals surface area contributed by atoms with Gasteiger partial charge in [0.25, 0.3) is 0 Å². The van der Waals surface area contributed by atoms with Crippen LogP contribution in [0, 0.1) is 0 Å². The summed E-state index contributed by atoms with van der Waals surface area (Å²) in [7, 11) is 1.37. The summed E-state index contributed by atoms with van der Waals surface area (Å²) < 4.78 is 11.7. The first kappa shape index (κ1) is 24.2. The zero-order valence-corrected chi connectivity index (χ0v) is 21.2. The molecule has 6 heteroatoms. The number of piperidine rings is 1. The number of likely N-dealkylation sites (tertiary alicyclic amines) is 1. The van der Waals surface area contributed by atoms with Gasteiger partial charge in [-0.2, -0.15) is 0 Å². The van der Waals surface area contributed by atoms with Crippen LogP contribution in [0.2, 0.25) is 0 Å². The van der Waals surface area contributed by atoms with Gasteiger partial charge in [0, 0.05) is 32.6 Å². The molecule has 5 nitrogen and oxygen atoms in total. The first-order valence-corrected chi connectivity index (χ1v) is 13.2. The lowest BCUT2D eigenvalue weighted by Crippen LogP contribution is -2.33. The molecule has 4 aromatic rings. The molecule has 0 spiro atoms. The maximum atomic E-state index is 13.8. The standard InChI is InChI=1S/C30H29NO4S/c1-34-30(33)23-12-15-25-26(20-23)36-29(22-8-4-2-5-9-22)27(25)28(32)21-10-13-24(14-11-21)35-19-18-31-16-6-3-7-17-31/h2,4-5,8-15,20H,3,6-7,16-19H2,1H3. The predicted molar refractivity (Wildman–Crippen MR) is 144 cm³/mol. The van der Waals surface area contributed by atoms with E-state index >= 15 is 0 Å². The minimum absolute atomic E-state index is 0.0502. The van der Waals surface area contributed by atoms with E-state index in [-0.39, 0.29) is 5.78 Å². The first-order valence-electron chi connectivity index (χ1n) is 12.3. The number of esters is 1. The Kier molecular flexibility index (Phi) is 7.44. The molecule has 0 atom stereocenters. The number of carbonyl (C=O) groups excluding carboxylic acids is 2. The maximum absolute atomic E-state index is 13.8. The molecule has 0 amide bonds. The highest BCUT2D eigenvalue weighted by Crippen LogP contribution is 2.40. The number of ketones is 1. The van der Waals surface area contributed by atoms with Crippen LogP contribution >= 0.6 is 11.3 Å². The molecule has 0 bridgehead atoms. The summed E-state index contributed by atoms with van der Waals surface area (Å²) in [6, 6.07) is 22.6. The Hall–Kier alpha value is -3.48. The zero-order chi connectivity index (χ0) is 24.9. The SMILES string of the molecule is COC(=O)c1ccc2c(C(=O)c3ccc(OCCN4CCCCC4)cc3)c(-c3ccccc3)sc2c1. The van der Waals surface area contributed by atoms with Crippen molar-refractivity contribution < 1.29 is 19.1 Å². The summed E-state index contributed by atoms with van der Waals surface area (Å²) in [6.45, 7) is 3.87. The second-order valence-corrected chi connectivity index (χ2v) is 10.0. The van der Waals surface area contributed by atoms with Gasteiger partial charge in [0.1, 0.15) is 12.4 Å². The van der Waals surface area contributed by atoms with Gasteiger partial charge in [0.2, 0.25) is 0 Å². The van der Waals surface area contributed by atoms with E-state index in [1.165, 1.54) is 37.7 Å². The summed E-state index contributed by atoms with van der Waals surface area (Å²) in [4.78, 5) is 29.2. The number of hydrogen-bond donors (Lipinski definition) is 0. The molecule has 1 saturated heterocycles. The van der Waals surface area contributed by atoms with Gasteiger partial charge in [0.05, 0.1) is 12.7 Å². The summed E-state index contributed by atoms with van der Waals surface area (Å²) in [5, 5.41) is 0.832. The van der Waals surface area contributed by atoms with Gasteiger partial charge < -0.3 is 9.47 Å². The molecular formula is C30H29NO4S. The van der Waals surface area contributed by atoms with Crippen molar-refractivity contribution in [2.45, 2.75) is 19.3 Å². The van der Waals surface area contributed by atoms with Crippen molar-refractivity contribution in [1.82, 2.24) is 4.90 Å². The average molecular weight is 500 g/mol. The molecule has 3 aromatic carbocycles. The Balaban J connectivity index is 1.41. The highest BCUT2D eigenvalue weighted by atomic mass is 32.1. The second kappa shape index (κ2) is 11.1. The van der Waals surface area contributed by atoms with E-state index in [1.807, 2.05) is 60.7 Å². The van der Waals surface area contributed by atoms with Crippen LogP contribution in [0.1, 0.15) is 45.5 Å². The number of fused-ring (bicyclic) bond motifs is 1. The van der Waals surface area contributed by atoms with E-state index in [0.717, 1.165) is 45.9 Å². The molecule has 1 aromatic heterocycles. The lowest BCUT2D eigenvalue weighted by molar-refractivity contribution is 0.0601. The van der Waals surface area contributed by atoms with E-state index in [4.69, 9.17) is 9.47 Å². The molecule has 0 N–H and O–H groups in total. The Morgan fingerprint density at radius 1 is 0.889 bits per heavy atom. The Labute approximate surface area is 215 Å². The van der Waals surface area contributed by atoms with Crippen LogP contribution in [0.3, 0.4) is 0 Å². The van der Waals surface area contributed by atoms with Crippen LogP contribution in [-0.4, -0.2) is 50.0 Å². The molecule has 0 aliphatic carbocycles. The van der Waals surface area contributed by atoms with Crippen molar-refractivity contribution in [3.05, 3.63) is 89.5 Å². The first-order chi connectivity index (χ1) is 17.6. The van der Waals surface area contributed by atoms with Crippen molar-refractivity contribution in [2.24, 2.45) is 0 Å². The normalized spacial score (nSPS) is 14.0. The van der Waals surface area contributed by atoms with Gasteiger partial charge in [-0.05, 0) is 67.9 Å². The van der Waals surface area contributed by atoms with Crippen LogP contribution in [0.15, 0.2) is 72.8 Å². The smallest absolute Gasteiger partial charge is 0.337 e. The van der Waals surface area contributed by atoms with Gasteiger partial charge in [-0.25, -0.2) is 4.79 Å². The minimum Gasteiger partial charge on any atom is -0.492 e. The third-order valence-electron chi connectivity index (χ3n) is 6.62. The summed E-state index contributed by atoms with van der Waals surface area (Å²) in [5.41, 5.74) is 2.69. The highest BCUT2D eigenvalue weighted by molar-refractivity contribution is 7.22. The van der Waals surface area contributed by atoms with Gasteiger partial charge in [-0.1, -0.05) is 42.8 Å². The number of ether oxygens (including phenoxy) is 2. The third-order valence-corrected chi connectivity index (χ3v) is 7.82. The van der Waals surface area contributed by atoms with Crippen LogP contribution < -0.4 is 4.74 Å². The molecule has 2 heterocycles. The second-order valence-electron chi connectivity index (χ2n) is 8.98. The van der Waals surface area contributed by atoms with Crippen molar-refractivity contribution >= 4 is 33.2 Å². The molecule has 0 unspecified atom stereocenters. The van der Waals surface area contributed by atoms with Crippen molar-refractivity contribution in [3.63, 3.8) is 0 Å². The van der Waals surface area contributed by atoms with Gasteiger partial charge in [0.15, 0.2) is 5.78 Å². The van der Waals surface area contributed by atoms with E-state index < -0.39 is 5.97 Å². The van der Waals surface area contributed by atoms with Crippen molar-refractivity contribution in [1.29, 1.82) is 0 Å². The van der Waals surface area contributed by atoms with Crippen LogP contribution in [0.25, 0.3) is 20.5 Å². The Bertz CT molecular complexity index is 1360. The van der Waals surface area contributed by atoms with E-state index in [9.17, 15) is 9.59 Å². The topological polar surface area (TPSA) is 55.8 Å². The van der Waals surface area contributed by atoms with Crippen LogP contribution in [0.5, 0.6) is 5.75 Å². The van der Waals surface area contributed by atoms with Crippen molar-refractivity contribution in [3.8, 4) is 16.2 Å². The molecule has 1 aliphatic rings. The van der Waals surface area contributed by atoms with E-state index in [0.29, 0.717) is 23.3 Å². The maximum Gasteiger partial charge on any atom is 0.337 e. The fraction of sp³-hybridized carbons (Fsp3) is 0.267. The number of methoxy groups -OCH3 is 1. The molecule has 5 rings (SSSR count). The lowest BCUT2D eigenvalue weighted by atomic mass is 9.97. The number of nitrogens with zero attached hydrogens (tertiary/aromatic N) is 1. The minimum atomic E-state index is -0.393. The highest BCUT2D eigenvalue weighted by Gasteiger charge is 2.22. The van der Waals surface area contributed by atoms with Gasteiger partial charge in [-0.15, -0.1) is 11.3 Å². The van der Waals surface area contributed by atoms with Gasteiger partial charge in [-0.3, -0.25) is 9.69 Å².